The molecular formula is C29H57NaO2. The van der Waals surface area contributed by atoms with Crippen molar-refractivity contribution in [3.05, 3.63) is 12.2 Å². The van der Waals surface area contributed by atoms with Gasteiger partial charge in [0.2, 0.25) is 0 Å². The molecule has 0 saturated heterocycles. The number of esters is 1. The molecule has 0 aliphatic rings. The van der Waals surface area contributed by atoms with Gasteiger partial charge in [0.25, 0.3) is 0 Å². The quantitative estimate of drug-likeness (QED) is 0.0622. The number of unbranched alkanes of at least 4 members (excludes halogenated alkanes) is 19. The molecule has 0 amide bonds. The zero-order chi connectivity index (χ0) is 22.7. The fourth-order valence-corrected chi connectivity index (χ4v) is 4.01. The second kappa shape index (κ2) is 31.2. The molecule has 0 unspecified atom stereocenters. The molecule has 0 heterocycles. The number of rotatable bonds is 25. The van der Waals surface area contributed by atoms with Gasteiger partial charge in [0.1, 0.15) is 0 Å². The predicted molar refractivity (Wildman–Crippen MR) is 139 cm³/mol. The van der Waals surface area contributed by atoms with Crippen molar-refractivity contribution >= 4 is 5.97 Å². The van der Waals surface area contributed by atoms with Crippen molar-refractivity contribution in [3.8, 4) is 0 Å². The number of ether oxygens (including phenoxy) is 1. The third-order valence-electron chi connectivity index (χ3n) is 6.15. The van der Waals surface area contributed by atoms with Crippen LogP contribution in [0.3, 0.4) is 0 Å². The van der Waals surface area contributed by atoms with Crippen LogP contribution in [-0.4, -0.2) is 12.6 Å². The molecular weight excluding hydrogens is 403 g/mol. The molecule has 0 bridgehead atoms. The molecule has 0 aliphatic heterocycles. The van der Waals surface area contributed by atoms with Crippen LogP contribution >= 0.6 is 0 Å². The topological polar surface area (TPSA) is 26.3 Å². The Morgan fingerprint density at radius 2 is 0.938 bits per heavy atom. The fraction of sp³-hybridized carbons (Fsp3) is 0.897. The van der Waals surface area contributed by atoms with Gasteiger partial charge in [0.05, 0.1) is 6.61 Å². The van der Waals surface area contributed by atoms with E-state index < -0.39 is 0 Å². The van der Waals surface area contributed by atoms with E-state index in [1.165, 1.54) is 128 Å². The second-order valence-corrected chi connectivity index (χ2v) is 9.38. The van der Waals surface area contributed by atoms with Gasteiger partial charge < -0.3 is 6.16 Å². The van der Waals surface area contributed by atoms with Crippen LogP contribution in [0.1, 0.15) is 163 Å². The summed E-state index contributed by atoms with van der Waals surface area (Å²) in [6, 6.07) is 0. The van der Waals surface area contributed by atoms with Crippen molar-refractivity contribution in [2.24, 2.45) is 0 Å². The third-order valence-corrected chi connectivity index (χ3v) is 6.15. The number of carbonyl (C=O) groups is 1. The van der Waals surface area contributed by atoms with E-state index in [4.69, 9.17) is 4.74 Å². The van der Waals surface area contributed by atoms with Gasteiger partial charge in [-0.2, -0.15) is 0 Å². The van der Waals surface area contributed by atoms with Crippen molar-refractivity contribution in [2.75, 3.05) is 6.61 Å². The van der Waals surface area contributed by atoms with Gasteiger partial charge >= 0.3 is 35.5 Å². The van der Waals surface area contributed by atoms with Gasteiger partial charge in [-0.1, -0.05) is 129 Å². The largest absolute Gasteiger partial charge is 1.00 e. The summed E-state index contributed by atoms with van der Waals surface area (Å²) in [5.74, 6) is 0.0107. The molecule has 0 spiro atoms. The molecule has 0 rings (SSSR count). The minimum atomic E-state index is 0. The van der Waals surface area contributed by atoms with Gasteiger partial charge in [0, 0.05) is 6.42 Å². The average Bonchev–Trinajstić information content (AvgIpc) is 2.77. The Kier molecular flexibility index (Phi) is 33.5. The van der Waals surface area contributed by atoms with E-state index >= 15 is 0 Å². The van der Waals surface area contributed by atoms with Crippen molar-refractivity contribution in [2.45, 2.75) is 162 Å². The van der Waals surface area contributed by atoms with Gasteiger partial charge in [-0.15, -0.1) is 0 Å². The van der Waals surface area contributed by atoms with Crippen LogP contribution in [0.5, 0.6) is 0 Å². The summed E-state index contributed by atoms with van der Waals surface area (Å²) >= 11 is 0. The predicted octanol–water partition coefficient (Wildman–Crippen LogP) is 7.21. The molecule has 32 heavy (non-hydrogen) atoms. The van der Waals surface area contributed by atoms with E-state index in [0.717, 1.165) is 12.8 Å². The van der Waals surface area contributed by atoms with Crippen LogP contribution in [0, 0.1) is 0 Å². The molecule has 0 aromatic carbocycles. The number of hydrogen-bond acceptors (Lipinski definition) is 2. The maximum Gasteiger partial charge on any atom is 1.00 e. The Balaban J connectivity index is -0.00000450. The smallest absolute Gasteiger partial charge is 1.00 e. The summed E-state index contributed by atoms with van der Waals surface area (Å²) in [4.78, 5) is 11.7. The number of hydrogen-bond donors (Lipinski definition) is 0. The number of allylic oxidation sites excluding steroid dienone is 2. The van der Waals surface area contributed by atoms with Crippen LogP contribution < -0.4 is 29.6 Å². The minimum Gasteiger partial charge on any atom is -1.00 e. The van der Waals surface area contributed by atoms with E-state index in [1.807, 2.05) is 0 Å². The molecule has 0 aromatic heterocycles. The summed E-state index contributed by atoms with van der Waals surface area (Å²) in [6.45, 7) is 5.12. The minimum absolute atomic E-state index is 0. The summed E-state index contributed by atoms with van der Waals surface area (Å²) in [7, 11) is 0. The Morgan fingerprint density at radius 3 is 1.41 bits per heavy atom. The van der Waals surface area contributed by atoms with Crippen molar-refractivity contribution < 1.29 is 40.5 Å². The van der Waals surface area contributed by atoms with Gasteiger partial charge in [-0.25, -0.2) is 0 Å². The Bertz CT molecular complexity index is 388. The van der Waals surface area contributed by atoms with Gasteiger partial charge in [-0.3, -0.25) is 4.79 Å². The standard InChI is InChI=1S/C29H56O2.Na.H/c1-3-5-7-9-10-11-12-13-14-15-16-17-18-19-20-21-22-23-25-27-29(30)31-28-26-24-8-6-4-2;;/h13-14H,3-12,15-28H2,1-2H3;;/q;+1;-1/b14-13-;;. The Morgan fingerprint density at radius 1 is 0.562 bits per heavy atom. The monoisotopic (exact) mass is 460 g/mol. The molecule has 0 atom stereocenters. The van der Waals surface area contributed by atoms with Crippen LogP contribution in [0.4, 0.5) is 0 Å². The normalized spacial score (nSPS) is 11.1. The number of carbonyl (C=O) groups excluding carboxylic acids is 1. The van der Waals surface area contributed by atoms with E-state index in [0.29, 0.717) is 13.0 Å². The Hall–Kier alpha value is 0.210. The molecule has 0 aliphatic carbocycles. The molecule has 0 aromatic rings. The SMILES string of the molecule is CCCCCCCC/C=C\CCCCCCCCCCCC(=O)OCCCCCCC.[H-].[Na+]. The average molecular weight is 461 g/mol. The zero-order valence-electron chi connectivity index (χ0n) is 23.4. The first-order valence-corrected chi connectivity index (χ1v) is 14.1. The second-order valence-electron chi connectivity index (χ2n) is 9.38. The zero-order valence-corrected chi connectivity index (χ0v) is 24.4. The van der Waals surface area contributed by atoms with Crippen LogP contribution in [0.15, 0.2) is 12.2 Å². The van der Waals surface area contributed by atoms with Crippen LogP contribution in [0.25, 0.3) is 0 Å². The molecule has 0 N–H and O–H groups in total. The fourth-order valence-electron chi connectivity index (χ4n) is 4.01. The molecule has 0 saturated carbocycles. The molecule has 0 fully saturated rings. The Labute approximate surface area is 225 Å². The summed E-state index contributed by atoms with van der Waals surface area (Å²) in [6.07, 6.45) is 34.0. The van der Waals surface area contributed by atoms with Crippen LogP contribution in [0.2, 0.25) is 0 Å². The van der Waals surface area contributed by atoms with E-state index in [-0.39, 0.29) is 37.0 Å². The van der Waals surface area contributed by atoms with Gasteiger partial charge in [0.15, 0.2) is 0 Å². The van der Waals surface area contributed by atoms with Crippen molar-refractivity contribution in [1.82, 2.24) is 0 Å². The first-order chi connectivity index (χ1) is 15.3. The maximum absolute atomic E-state index is 11.7. The first kappa shape index (κ1) is 34.4. The van der Waals surface area contributed by atoms with Gasteiger partial charge in [-0.05, 0) is 38.5 Å². The molecule has 2 nitrogen and oxygen atoms in total. The summed E-state index contributed by atoms with van der Waals surface area (Å²) in [5, 5.41) is 0. The third kappa shape index (κ3) is 30.2. The maximum atomic E-state index is 11.7. The molecule has 3 heteroatoms. The summed E-state index contributed by atoms with van der Waals surface area (Å²) < 4.78 is 5.32. The molecule has 0 radical (unpaired) electrons. The van der Waals surface area contributed by atoms with E-state index in [9.17, 15) is 4.79 Å². The summed E-state index contributed by atoms with van der Waals surface area (Å²) in [5.41, 5.74) is 0. The van der Waals surface area contributed by atoms with E-state index in [1.54, 1.807) is 0 Å². The van der Waals surface area contributed by atoms with Crippen LogP contribution in [-0.2, 0) is 9.53 Å². The molecule has 186 valence electrons. The van der Waals surface area contributed by atoms with Crippen molar-refractivity contribution in [1.29, 1.82) is 0 Å². The first-order valence-electron chi connectivity index (χ1n) is 14.1. The van der Waals surface area contributed by atoms with Crippen molar-refractivity contribution in [3.63, 3.8) is 0 Å². The van der Waals surface area contributed by atoms with E-state index in [2.05, 4.69) is 26.0 Å².